The van der Waals surface area contributed by atoms with Crippen molar-refractivity contribution in [3.8, 4) is 0 Å². The van der Waals surface area contributed by atoms with Crippen molar-refractivity contribution >= 4 is 34.2 Å². The van der Waals surface area contributed by atoms with Crippen molar-refractivity contribution in [3.05, 3.63) is 70.6 Å². The summed E-state index contributed by atoms with van der Waals surface area (Å²) < 4.78 is 0. The fourth-order valence-electron chi connectivity index (χ4n) is 2.25. The molecular formula is C18H16N2OS. The molecule has 2 heterocycles. The number of pyridine rings is 1. The maximum absolute atomic E-state index is 11.9. The zero-order valence-corrected chi connectivity index (χ0v) is 12.8. The first-order chi connectivity index (χ1) is 10.8. The van der Waals surface area contributed by atoms with Gasteiger partial charge in [-0.2, -0.15) is 0 Å². The molecule has 22 heavy (non-hydrogen) atoms. The smallest absolute Gasteiger partial charge is 0.244 e. The third-order valence-corrected chi connectivity index (χ3v) is 4.27. The van der Waals surface area contributed by atoms with Crippen LogP contribution in [0.4, 0.5) is 0 Å². The molecule has 1 amide bonds. The van der Waals surface area contributed by atoms with E-state index in [0.717, 1.165) is 22.9 Å². The van der Waals surface area contributed by atoms with Gasteiger partial charge in [-0.25, -0.2) is 0 Å². The van der Waals surface area contributed by atoms with Gasteiger partial charge in [0.1, 0.15) is 0 Å². The van der Waals surface area contributed by atoms with Crippen molar-refractivity contribution in [3.63, 3.8) is 0 Å². The lowest BCUT2D eigenvalue weighted by atomic mass is 10.1. The number of amides is 1. The highest BCUT2D eigenvalue weighted by atomic mass is 32.1. The fraction of sp³-hybridized carbons (Fsp3) is 0.111. The molecule has 0 radical (unpaired) electrons. The maximum Gasteiger partial charge on any atom is 0.244 e. The van der Waals surface area contributed by atoms with Crippen LogP contribution in [-0.4, -0.2) is 17.4 Å². The number of thiophene rings is 1. The number of nitrogens with one attached hydrogen (secondary N) is 1. The number of para-hydroxylation sites is 1. The Hall–Kier alpha value is -2.46. The van der Waals surface area contributed by atoms with Gasteiger partial charge in [0.2, 0.25) is 5.91 Å². The third-order valence-electron chi connectivity index (χ3n) is 3.33. The molecule has 0 aliphatic heterocycles. The van der Waals surface area contributed by atoms with Crippen molar-refractivity contribution in [1.29, 1.82) is 0 Å². The summed E-state index contributed by atoms with van der Waals surface area (Å²) in [5.41, 5.74) is 1.86. The summed E-state index contributed by atoms with van der Waals surface area (Å²) in [7, 11) is 0. The average Bonchev–Trinajstić information content (AvgIpc) is 3.06. The van der Waals surface area contributed by atoms with E-state index in [9.17, 15) is 4.79 Å². The molecule has 0 aliphatic rings. The second-order valence-electron chi connectivity index (χ2n) is 4.88. The summed E-state index contributed by atoms with van der Waals surface area (Å²) in [4.78, 5) is 17.5. The predicted octanol–water partition coefficient (Wildman–Crippen LogP) is 3.67. The Balaban J connectivity index is 1.61. The first-order valence-corrected chi connectivity index (χ1v) is 8.03. The van der Waals surface area contributed by atoms with E-state index in [1.807, 2.05) is 47.9 Å². The molecule has 0 aliphatic carbocycles. The van der Waals surface area contributed by atoms with Gasteiger partial charge in [0.25, 0.3) is 0 Å². The molecule has 0 saturated heterocycles. The van der Waals surface area contributed by atoms with E-state index in [-0.39, 0.29) is 5.91 Å². The van der Waals surface area contributed by atoms with Crippen LogP contribution in [0.1, 0.15) is 10.4 Å². The number of rotatable bonds is 5. The predicted molar refractivity (Wildman–Crippen MR) is 91.8 cm³/mol. The highest BCUT2D eigenvalue weighted by Crippen LogP contribution is 2.17. The van der Waals surface area contributed by atoms with Crippen LogP contribution in [0.2, 0.25) is 0 Å². The Kier molecular flexibility index (Phi) is 4.61. The molecule has 0 atom stereocenters. The van der Waals surface area contributed by atoms with Crippen molar-refractivity contribution in [2.75, 3.05) is 6.54 Å². The highest BCUT2D eigenvalue weighted by molar-refractivity contribution is 7.09. The lowest BCUT2D eigenvalue weighted by Crippen LogP contribution is -2.23. The molecule has 110 valence electrons. The standard InChI is InChI=1S/C18H16N2OS/c21-17(19-12-10-16-7-3-13-22-16)9-8-15-5-1-4-14-6-2-11-20-18(14)15/h1-9,11,13H,10,12H2,(H,19,21). The Bertz CT molecular complexity index is 788. The lowest BCUT2D eigenvalue weighted by molar-refractivity contribution is -0.116. The van der Waals surface area contributed by atoms with E-state index in [2.05, 4.69) is 16.4 Å². The third kappa shape index (κ3) is 3.59. The number of benzene rings is 1. The summed E-state index contributed by atoms with van der Waals surface area (Å²) >= 11 is 1.71. The number of fused-ring (bicyclic) bond motifs is 1. The lowest BCUT2D eigenvalue weighted by Gasteiger charge is -2.02. The van der Waals surface area contributed by atoms with Crippen molar-refractivity contribution in [2.24, 2.45) is 0 Å². The van der Waals surface area contributed by atoms with Gasteiger partial charge in [-0.15, -0.1) is 11.3 Å². The minimum atomic E-state index is -0.0792. The number of carbonyl (C=O) groups is 1. The van der Waals surface area contributed by atoms with Crippen LogP contribution in [0.25, 0.3) is 17.0 Å². The largest absolute Gasteiger partial charge is 0.352 e. The molecule has 1 N–H and O–H groups in total. The minimum absolute atomic E-state index is 0.0792. The van der Waals surface area contributed by atoms with Crippen LogP contribution < -0.4 is 5.32 Å². The van der Waals surface area contributed by atoms with Gasteiger partial charge in [0.15, 0.2) is 0 Å². The fourth-order valence-corrected chi connectivity index (χ4v) is 2.96. The molecule has 2 aromatic heterocycles. The van der Waals surface area contributed by atoms with Gasteiger partial charge < -0.3 is 5.32 Å². The van der Waals surface area contributed by atoms with Gasteiger partial charge in [0.05, 0.1) is 5.52 Å². The van der Waals surface area contributed by atoms with Crippen LogP contribution in [0.5, 0.6) is 0 Å². The molecule has 0 saturated carbocycles. The number of nitrogens with zero attached hydrogens (tertiary/aromatic N) is 1. The minimum Gasteiger partial charge on any atom is -0.352 e. The number of carbonyl (C=O) groups excluding carboxylic acids is 1. The monoisotopic (exact) mass is 308 g/mol. The Labute approximate surface area is 133 Å². The molecule has 3 rings (SSSR count). The van der Waals surface area contributed by atoms with E-state index >= 15 is 0 Å². The summed E-state index contributed by atoms with van der Waals surface area (Å²) in [6.07, 6.45) is 6.02. The van der Waals surface area contributed by atoms with E-state index in [1.54, 1.807) is 23.6 Å². The SMILES string of the molecule is O=C(C=Cc1cccc2cccnc12)NCCc1cccs1. The van der Waals surface area contributed by atoms with Gasteiger partial charge >= 0.3 is 0 Å². The Morgan fingerprint density at radius 1 is 1.18 bits per heavy atom. The summed E-state index contributed by atoms with van der Waals surface area (Å²) in [5.74, 6) is -0.0792. The molecule has 0 bridgehead atoms. The van der Waals surface area contributed by atoms with Gasteiger partial charge in [-0.3, -0.25) is 9.78 Å². The molecule has 1 aromatic carbocycles. The molecule has 3 aromatic rings. The van der Waals surface area contributed by atoms with E-state index in [0.29, 0.717) is 6.54 Å². The van der Waals surface area contributed by atoms with Crippen molar-refractivity contribution < 1.29 is 4.79 Å². The number of hydrogen-bond acceptors (Lipinski definition) is 3. The molecule has 3 nitrogen and oxygen atoms in total. The quantitative estimate of drug-likeness (QED) is 0.731. The van der Waals surface area contributed by atoms with Gasteiger partial charge in [-0.05, 0) is 30.0 Å². The molecule has 4 heteroatoms. The Morgan fingerprint density at radius 3 is 2.95 bits per heavy atom. The van der Waals surface area contributed by atoms with Crippen LogP contribution >= 0.6 is 11.3 Å². The normalized spacial score (nSPS) is 11.1. The molecule has 0 unspecified atom stereocenters. The van der Waals surface area contributed by atoms with Crippen molar-refractivity contribution in [1.82, 2.24) is 10.3 Å². The van der Waals surface area contributed by atoms with Crippen LogP contribution in [0, 0.1) is 0 Å². The van der Waals surface area contributed by atoms with E-state index < -0.39 is 0 Å². The molecule has 0 fully saturated rings. The van der Waals surface area contributed by atoms with E-state index in [1.165, 1.54) is 4.88 Å². The first-order valence-electron chi connectivity index (χ1n) is 7.15. The zero-order valence-electron chi connectivity index (χ0n) is 12.0. The summed E-state index contributed by atoms with van der Waals surface area (Å²) in [6.45, 7) is 0.650. The first kappa shape index (κ1) is 14.5. The summed E-state index contributed by atoms with van der Waals surface area (Å²) in [5, 5.41) is 6.02. The molecule has 0 spiro atoms. The van der Waals surface area contributed by atoms with Crippen LogP contribution in [0.15, 0.2) is 60.1 Å². The highest BCUT2D eigenvalue weighted by Gasteiger charge is 2.00. The average molecular weight is 308 g/mol. The number of hydrogen-bond donors (Lipinski definition) is 1. The maximum atomic E-state index is 11.9. The number of aromatic nitrogens is 1. The molecular weight excluding hydrogens is 292 g/mol. The van der Waals surface area contributed by atoms with Gasteiger partial charge in [-0.1, -0.05) is 30.3 Å². The van der Waals surface area contributed by atoms with E-state index in [4.69, 9.17) is 0 Å². The van der Waals surface area contributed by atoms with Crippen LogP contribution in [0.3, 0.4) is 0 Å². The zero-order chi connectivity index (χ0) is 15.2. The van der Waals surface area contributed by atoms with Crippen LogP contribution in [-0.2, 0) is 11.2 Å². The van der Waals surface area contributed by atoms with Crippen molar-refractivity contribution in [2.45, 2.75) is 6.42 Å². The van der Waals surface area contributed by atoms with Gasteiger partial charge in [0, 0.05) is 34.6 Å². The second-order valence-corrected chi connectivity index (χ2v) is 5.91. The second kappa shape index (κ2) is 7.00. The topological polar surface area (TPSA) is 42.0 Å². The summed E-state index contributed by atoms with van der Waals surface area (Å²) in [6, 6.07) is 14.0. The Morgan fingerprint density at radius 2 is 2.09 bits per heavy atom.